The van der Waals surface area contributed by atoms with Crippen molar-refractivity contribution in [2.75, 3.05) is 31.3 Å². The molecule has 0 spiro atoms. The van der Waals surface area contributed by atoms with Crippen LogP contribution in [0.1, 0.15) is 24.8 Å². The summed E-state index contributed by atoms with van der Waals surface area (Å²) in [6, 6.07) is 14.6. The van der Waals surface area contributed by atoms with Crippen LogP contribution in [0.2, 0.25) is 0 Å². The summed E-state index contributed by atoms with van der Waals surface area (Å²) in [5.74, 6) is 0.188. The third-order valence-corrected chi connectivity index (χ3v) is 8.46. The number of nitrogens with zero attached hydrogens (tertiary/aromatic N) is 2. The van der Waals surface area contributed by atoms with Crippen molar-refractivity contribution in [3.8, 4) is 5.75 Å². The van der Waals surface area contributed by atoms with Crippen LogP contribution in [0, 0.1) is 6.92 Å². The standard InChI is InChI=1S/C24H27N3O4S2/c1-17-14-24(26-20-9-5-4-8-19(17)20)32-16-23(28)25-18-10-11-21(31-2)22(15-18)33(29,30)27-12-6-3-7-13-27/h4-5,8-11,14-15H,3,6-7,12-13,16H2,1-2H3,(H,25,28). The minimum Gasteiger partial charge on any atom is -0.495 e. The van der Waals surface area contributed by atoms with Gasteiger partial charge in [0.2, 0.25) is 15.9 Å². The molecule has 33 heavy (non-hydrogen) atoms. The number of pyridine rings is 1. The van der Waals surface area contributed by atoms with E-state index in [4.69, 9.17) is 4.74 Å². The number of hydrogen-bond donors (Lipinski definition) is 1. The van der Waals surface area contributed by atoms with E-state index in [1.165, 1.54) is 29.2 Å². The average molecular weight is 486 g/mol. The van der Waals surface area contributed by atoms with Crippen molar-refractivity contribution in [1.29, 1.82) is 0 Å². The highest BCUT2D eigenvalue weighted by Crippen LogP contribution is 2.31. The summed E-state index contributed by atoms with van der Waals surface area (Å²) in [5.41, 5.74) is 2.41. The Hall–Kier alpha value is -2.62. The molecule has 0 saturated carbocycles. The number of amides is 1. The number of aryl methyl sites for hydroxylation is 1. The Morgan fingerprint density at radius 1 is 1.12 bits per heavy atom. The van der Waals surface area contributed by atoms with Crippen LogP contribution < -0.4 is 10.1 Å². The van der Waals surface area contributed by atoms with Crippen LogP contribution in [-0.4, -0.2) is 49.6 Å². The van der Waals surface area contributed by atoms with Crippen LogP contribution in [0.25, 0.3) is 10.9 Å². The van der Waals surface area contributed by atoms with E-state index in [2.05, 4.69) is 10.3 Å². The predicted molar refractivity (Wildman–Crippen MR) is 131 cm³/mol. The van der Waals surface area contributed by atoms with Gasteiger partial charge in [-0.3, -0.25) is 4.79 Å². The number of sulfonamides is 1. The predicted octanol–water partition coefficient (Wildman–Crippen LogP) is 4.46. The average Bonchev–Trinajstić information content (AvgIpc) is 2.83. The Bertz CT molecular complexity index is 1270. The fourth-order valence-electron chi connectivity index (χ4n) is 3.93. The van der Waals surface area contributed by atoms with Gasteiger partial charge in [-0.2, -0.15) is 4.31 Å². The molecule has 0 atom stereocenters. The van der Waals surface area contributed by atoms with Crippen LogP contribution in [0.4, 0.5) is 5.69 Å². The van der Waals surface area contributed by atoms with Crippen molar-refractivity contribution < 1.29 is 17.9 Å². The maximum atomic E-state index is 13.2. The first-order chi connectivity index (χ1) is 15.9. The number of carbonyl (C=O) groups is 1. The first kappa shape index (κ1) is 23.5. The quantitative estimate of drug-likeness (QED) is 0.497. The first-order valence-corrected chi connectivity index (χ1v) is 13.3. The summed E-state index contributed by atoms with van der Waals surface area (Å²) in [6.07, 6.45) is 2.72. The number of hydrogen-bond acceptors (Lipinski definition) is 6. The lowest BCUT2D eigenvalue weighted by molar-refractivity contribution is -0.113. The SMILES string of the molecule is COc1ccc(NC(=O)CSc2cc(C)c3ccccc3n2)cc1S(=O)(=O)N1CCCCC1. The number of benzene rings is 2. The Balaban J connectivity index is 1.47. The van der Waals surface area contributed by atoms with Crippen LogP contribution in [0.15, 0.2) is 58.5 Å². The summed E-state index contributed by atoms with van der Waals surface area (Å²) < 4.78 is 33.1. The maximum Gasteiger partial charge on any atom is 0.246 e. The lowest BCUT2D eigenvalue weighted by atomic mass is 10.1. The normalized spacial score (nSPS) is 14.8. The lowest BCUT2D eigenvalue weighted by Gasteiger charge is -2.26. The van der Waals surface area contributed by atoms with E-state index in [-0.39, 0.29) is 22.3 Å². The van der Waals surface area contributed by atoms with Crippen LogP contribution >= 0.6 is 11.8 Å². The van der Waals surface area contributed by atoms with Crippen LogP contribution in [0.3, 0.4) is 0 Å². The van der Waals surface area contributed by atoms with Gasteiger partial charge < -0.3 is 10.1 Å². The van der Waals surface area contributed by atoms with Crippen molar-refractivity contribution in [1.82, 2.24) is 9.29 Å². The molecule has 3 aromatic rings. The number of nitrogens with one attached hydrogen (secondary N) is 1. The summed E-state index contributed by atoms with van der Waals surface area (Å²) >= 11 is 1.34. The molecule has 1 N–H and O–H groups in total. The van der Waals surface area contributed by atoms with E-state index in [0.29, 0.717) is 18.8 Å². The second-order valence-electron chi connectivity index (χ2n) is 7.96. The van der Waals surface area contributed by atoms with Crippen molar-refractivity contribution in [3.63, 3.8) is 0 Å². The molecule has 4 rings (SSSR count). The van der Waals surface area contributed by atoms with Gasteiger partial charge in [0, 0.05) is 24.2 Å². The summed E-state index contributed by atoms with van der Waals surface area (Å²) in [6.45, 7) is 3.02. The molecule has 2 aromatic carbocycles. The van der Waals surface area contributed by atoms with E-state index >= 15 is 0 Å². The highest BCUT2D eigenvalue weighted by atomic mass is 32.2. The van der Waals surface area contributed by atoms with Crippen LogP contribution in [0.5, 0.6) is 5.75 Å². The number of thioether (sulfide) groups is 1. The summed E-state index contributed by atoms with van der Waals surface area (Å²) in [7, 11) is -2.26. The zero-order valence-corrected chi connectivity index (χ0v) is 20.3. The molecule has 1 aromatic heterocycles. The zero-order chi connectivity index (χ0) is 23.4. The second kappa shape index (κ2) is 10.1. The summed E-state index contributed by atoms with van der Waals surface area (Å²) in [4.78, 5) is 17.3. The van der Waals surface area contributed by atoms with Gasteiger partial charge in [0.1, 0.15) is 10.6 Å². The van der Waals surface area contributed by atoms with Gasteiger partial charge in [0.25, 0.3) is 0 Å². The van der Waals surface area contributed by atoms with E-state index in [1.54, 1.807) is 12.1 Å². The van der Waals surface area contributed by atoms with E-state index < -0.39 is 10.0 Å². The van der Waals surface area contributed by atoms with Crippen molar-refractivity contribution >= 4 is 44.3 Å². The molecule has 1 aliphatic heterocycles. The highest BCUT2D eigenvalue weighted by Gasteiger charge is 2.29. The van der Waals surface area contributed by atoms with Crippen molar-refractivity contribution in [2.24, 2.45) is 0 Å². The monoisotopic (exact) mass is 485 g/mol. The fraction of sp³-hybridized carbons (Fsp3) is 0.333. The fourth-order valence-corrected chi connectivity index (χ4v) is 6.40. The van der Waals surface area contributed by atoms with Gasteiger partial charge in [-0.05, 0) is 55.7 Å². The van der Waals surface area contributed by atoms with Gasteiger partial charge in [0.15, 0.2) is 0 Å². The Kier molecular flexibility index (Phi) is 7.21. The largest absolute Gasteiger partial charge is 0.495 e. The van der Waals surface area contributed by atoms with Gasteiger partial charge in [-0.1, -0.05) is 36.4 Å². The molecule has 174 valence electrons. The first-order valence-electron chi connectivity index (χ1n) is 10.9. The molecular weight excluding hydrogens is 458 g/mol. The number of piperidine rings is 1. The van der Waals surface area contributed by atoms with Crippen molar-refractivity contribution in [2.45, 2.75) is 36.1 Å². The summed E-state index contributed by atoms with van der Waals surface area (Å²) in [5, 5.41) is 4.66. The molecule has 0 aliphatic carbocycles. The van der Waals surface area contributed by atoms with E-state index in [0.717, 1.165) is 40.8 Å². The smallest absolute Gasteiger partial charge is 0.246 e. The van der Waals surface area contributed by atoms with Crippen molar-refractivity contribution in [3.05, 3.63) is 54.1 Å². The Morgan fingerprint density at radius 3 is 2.64 bits per heavy atom. The zero-order valence-electron chi connectivity index (χ0n) is 18.7. The van der Waals surface area contributed by atoms with E-state index in [1.807, 2.05) is 37.3 Å². The second-order valence-corrected chi connectivity index (χ2v) is 10.9. The molecule has 0 bridgehead atoms. The molecule has 1 aliphatic rings. The number of aromatic nitrogens is 1. The maximum absolute atomic E-state index is 13.2. The van der Waals surface area contributed by atoms with E-state index in [9.17, 15) is 13.2 Å². The number of methoxy groups -OCH3 is 1. The third-order valence-electron chi connectivity index (χ3n) is 5.63. The lowest BCUT2D eigenvalue weighted by Crippen LogP contribution is -2.35. The number of ether oxygens (including phenoxy) is 1. The number of anilines is 1. The number of rotatable bonds is 7. The van der Waals surface area contributed by atoms with Gasteiger partial charge in [-0.15, -0.1) is 0 Å². The molecule has 2 heterocycles. The molecule has 1 amide bonds. The minimum atomic E-state index is -3.70. The molecule has 1 saturated heterocycles. The highest BCUT2D eigenvalue weighted by molar-refractivity contribution is 7.99. The van der Waals surface area contributed by atoms with Gasteiger partial charge in [-0.25, -0.2) is 13.4 Å². The van der Waals surface area contributed by atoms with Gasteiger partial charge in [0.05, 0.1) is 23.4 Å². The van der Waals surface area contributed by atoms with Gasteiger partial charge >= 0.3 is 0 Å². The molecular formula is C24H27N3O4S2. The number of carbonyl (C=O) groups excluding carboxylic acids is 1. The minimum absolute atomic E-state index is 0.0733. The number of para-hydroxylation sites is 1. The Morgan fingerprint density at radius 2 is 1.88 bits per heavy atom. The number of fused-ring (bicyclic) bond motifs is 1. The topological polar surface area (TPSA) is 88.6 Å². The molecule has 1 fully saturated rings. The molecule has 9 heteroatoms. The molecule has 0 unspecified atom stereocenters. The third kappa shape index (κ3) is 5.31. The molecule has 7 nitrogen and oxygen atoms in total. The van der Waals surface area contributed by atoms with Crippen LogP contribution in [-0.2, 0) is 14.8 Å². The Labute approximate surface area is 198 Å². The molecule has 0 radical (unpaired) electrons.